The molecule has 0 aliphatic rings. The normalized spacial score (nSPS) is 10.7. The number of hydrogen-bond donors (Lipinski definition) is 1. The smallest absolute Gasteiger partial charge is 0.295 e. The van der Waals surface area contributed by atoms with Crippen LogP contribution >= 0.6 is 0 Å². The molecule has 118 valence electrons. The zero-order valence-corrected chi connectivity index (χ0v) is 13.7. The van der Waals surface area contributed by atoms with Crippen molar-refractivity contribution >= 4 is 5.69 Å². The van der Waals surface area contributed by atoms with Crippen LogP contribution in [0.1, 0.15) is 16.8 Å². The minimum atomic E-state index is -0.0247. The van der Waals surface area contributed by atoms with Crippen molar-refractivity contribution in [3.05, 3.63) is 81.8 Å². The molecule has 4 nitrogen and oxygen atoms in total. The van der Waals surface area contributed by atoms with Crippen LogP contribution in [-0.4, -0.2) is 9.36 Å². The number of benzene rings is 2. The third-order valence-electron chi connectivity index (χ3n) is 4.14. The highest BCUT2D eigenvalue weighted by Crippen LogP contribution is 2.15. The lowest BCUT2D eigenvalue weighted by Crippen LogP contribution is -2.21. The van der Waals surface area contributed by atoms with Crippen LogP contribution in [0.15, 0.2) is 59.4 Å². The summed E-state index contributed by atoms with van der Waals surface area (Å²) in [4.78, 5) is 12.8. The van der Waals surface area contributed by atoms with Crippen LogP contribution in [-0.2, 0) is 13.6 Å². The van der Waals surface area contributed by atoms with Gasteiger partial charge in [-0.05, 0) is 31.5 Å². The average molecular weight is 307 g/mol. The van der Waals surface area contributed by atoms with E-state index in [2.05, 4.69) is 36.5 Å². The van der Waals surface area contributed by atoms with Crippen molar-refractivity contribution in [1.29, 1.82) is 0 Å². The minimum Gasteiger partial charge on any atom is -0.375 e. The van der Waals surface area contributed by atoms with Gasteiger partial charge in [0.15, 0.2) is 0 Å². The average Bonchev–Trinajstić information content (AvgIpc) is 2.78. The predicted molar refractivity (Wildman–Crippen MR) is 94.3 cm³/mol. The van der Waals surface area contributed by atoms with Gasteiger partial charge >= 0.3 is 0 Å². The van der Waals surface area contributed by atoms with Gasteiger partial charge in [-0.25, -0.2) is 4.68 Å². The summed E-state index contributed by atoms with van der Waals surface area (Å²) in [5.41, 5.74) is 4.80. The summed E-state index contributed by atoms with van der Waals surface area (Å²) in [7, 11) is 1.90. The molecule has 0 fully saturated rings. The number of aryl methyl sites for hydroxylation is 1. The molecule has 3 rings (SSSR count). The predicted octanol–water partition coefficient (Wildman–Crippen LogP) is 3.40. The van der Waals surface area contributed by atoms with Gasteiger partial charge in [-0.15, -0.1) is 0 Å². The molecule has 3 aromatic rings. The molecule has 1 N–H and O–H groups in total. The van der Waals surface area contributed by atoms with Crippen LogP contribution in [0.3, 0.4) is 0 Å². The van der Waals surface area contributed by atoms with E-state index in [0.717, 1.165) is 16.9 Å². The van der Waals surface area contributed by atoms with Crippen molar-refractivity contribution < 1.29 is 0 Å². The minimum absolute atomic E-state index is 0.0247. The maximum absolute atomic E-state index is 12.8. The van der Waals surface area contributed by atoms with Crippen LogP contribution < -0.4 is 10.9 Å². The summed E-state index contributed by atoms with van der Waals surface area (Å²) in [6, 6.07) is 18.0. The Morgan fingerprint density at radius 3 is 2.26 bits per heavy atom. The van der Waals surface area contributed by atoms with Crippen LogP contribution in [0.4, 0.5) is 5.69 Å². The summed E-state index contributed by atoms with van der Waals surface area (Å²) < 4.78 is 3.57. The Morgan fingerprint density at radius 2 is 1.61 bits per heavy atom. The molecular weight excluding hydrogens is 286 g/mol. The molecule has 0 radical (unpaired) electrons. The molecular formula is C19H21N3O. The summed E-state index contributed by atoms with van der Waals surface area (Å²) in [6.07, 6.45) is 0. The second-order valence-corrected chi connectivity index (χ2v) is 5.78. The van der Waals surface area contributed by atoms with Gasteiger partial charge in [0, 0.05) is 13.6 Å². The van der Waals surface area contributed by atoms with Crippen molar-refractivity contribution in [2.24, 2.45) is 7.05 Å². The fourth-order valence-corrected chi connectivity index (χ4v) is 2.67. The van der Waals surface area contributed by atoms with Crippen molar-refractivity contribution in [3.63, 3.8) is 0 Å². The van der Waals surface area contributed by atoms with Gasteiger partial charge in [-0.1, -0.05) is 48.0 Å². The van der Waals surface area contributed by atoms with Crippen molar-refractivity contribution in [1.82, 2.24) is 9.36 Å². The van der Waals surface area contributed by atoms with Gasteiger partial charge < -0.3 is 5.32 Å². The SMILES string of the molecule is Cc1ccc(CNc2c(C)n(C)n(-c3ccccc3)c2=O)cc1. The standard InChI is InChI=1S/C19H21N3O/c1-14-9-11-16(12-10-14)13-20-18-15(2)21(3)22(19(18)23)17-7-5-4-6-8-17/h4-12,20H,13H2,1-3H3. The van der Waals surface area contributed by atoms with Gasteiger partial charge in [0.2, 0.25) is 0 Å². The lowest BCUT2D eigenvalue weighted by atomic mass is 10.1. The van der Waals surface area contributed by atoms with Gasteiger partial charge in [0.1, 0.15) is 5.69 Å². The van der Waals surface area contributed by atoms with Crippen LogP contribution in [0.25, 0.3) is 5.69 Å². The lowest BCUT2D eigenvalue weighted by Gasteiger charge is -2.07. The summed E-state index contributed by atoms with van der Waals surface area (Å²) in [5.74, 6) is 0. The highest BCUT2D eigenvalue weighted by molar-refractivity contribution is 5.49. The number of para-hydroxylation sites is 1. The topological polar surface area (TPSA) is 39.0 Å². The summed E-state index contributed by atoms with van der Waals surface area (Å²) >= 11 is 0. The summed E-state index contributed by atoms with van der Waals surface area (Å²) in [5, 5.41) is 3.29. The molecule has 2 aromatic carbocycles. The molecule has 1 aromatic heterocycles. The quantitative estimate of drug-likeness (QED) is 0.802. The van der Waals surface area contributed by atoms with Crippen molar-refractivity contribution in [2.45, 2.75) is 20.4 Å². The van der Waals surface area contributed by atoms with Crippen molar-refractivity contribution in [3.8, 4) is 5.69 Å². The monoisotopic (exact) mass is 307 g/mol. The van der Waals surface area contributed by atoms with Crippen LogP contribution in [0.2, 0.25) is 0 Å². The first-order chi connectivity index (χ1) is 11.1. The number of nitrogens with zero attached hydrogens (tertiary/aromatic N) is 2. The molecule has 0 atom stereocenters. The molecule has 4 heteroatoms. The van der Waals surface area contributed by atoms with Gasteiger partial charge in [-0.2, -0.15) is 0 Å². The van der Waals surface area contributed by atoms with Gasteiger partial charge in [0.05, 0.1) is 11.4 Å². The van der Waals surface area contributed by atoms with Crippen LogP contribution in [0, 0.1) is 13.8 Å². The molecule has 0 unspecified atom stereocenters. The summed E-state index contributed by atoms with van der Waals surface area (Å²) in [6.45, 7) is 4.66. The first kappa shape index (κ1) is 15.2. The van der Waals surface area contributed by atoms with Crippen molar-refractivity contribution in [2.75, 3.05) is 5.32 Å². The number of hydrogen-bond acceptors (Lipinski definition) is 2. The zero-order valence-electron chi connectivity index (χ0n) is 13.7. The highest BCUT2D eigenvalue weighted by Gasteiger charge is 2.15. The number of rotatable bonds is 4. The second kappa shape index (κ2) is 6.16. The third-order valence-corrected chi connectivity index (χ3v) is 4.14. The number of nitrogens with one attached hydrogen (secondary N) is 1. The number of anilines is 1. The van der Waals surface area contributed by atoms with E-state index in [-0.39, 0.29) is 5.56 Å². The van der Waals surface area contributed by atoms with E-state index in [9.17, 15) is 4.79 Å². The Bertz CT molecular complexity index is 858. The third kappa shape index (κ3) is 2.93. The second-order valence-electron chi connectivity index (χ2n) is 5.78. The maximum atomic E-state index is 12.8. The van der Waals surface area contributed by atoms with Crippen LogP contribution in [0.5, 0.6) is 0 Å². The Balaban J connectivity index is 1.92. The Labute approximate surface area is 136 Å². The van der Waals surface area contributed by atoms with E-state index >= 15 is 0 Å². The maximum Gasteiger partial charge on any atom is 0.295 e. The first-order valence-corrected chi connectivity index (χ1v) is 7.71. The lowest BCUT2D eigenvalue weighted by molar-refractivity contribution is 0.630. The Hall–Kier alpha value is -2.75. The zero-order chi connectivity index (χ0) is 16.4. The van der Waals surface area contributed by atoms with E-state index < -0.39 is 0 Å². The van der Waals surface area contributed by atoms with E-state index in [1.165, 1.54) is 5.56 Å². The fourth-order valence-electron chi connectivity index (χ4n) is 2.67. The molecule has 0 spiro atoms. The van der Waals surface area contributed by atoms with Gasteiger partial charge in [-0.3, -0.25) is 9.48 Å². The molecule has 0 aliphatic heterocycles. The Morgan fingerprint density at radius 1 is 0.957 bits per heavy atom. The molecule has 0 saturated carbocycles. The highest BCUT2D eigenvalue weighted by atomic mass is 16.1. The molecule has 0 saturated heterocycles. The Kier molecular flexibility index (Phi) is 4.06. The molecule has 0 aliphatic carbocycles. The van der Waals surface area contributed by atoms with E-state index in [4.69, 9.17) is 0 Å². The largest absolute Gasteiger partial charge is 0.375 e. The van der Waals surface area contributed by atoms with E-state index in [1.54, 1.807) is 4.68 Å². The van der Waals surface area contributed by atoms with E-state index in [1.807, 2.05) is 49.0 Å². The number of aromatic nitrogens is 2. The molecule has 23 heavy (non-hydrogen) atoms. The van der Waals surface area contributed by atoms with Gasteiger partial charge in [0.25, 0.3) is 5.56 Å². The van der Waals surface area contributed by atoms with E-state index in [0.29, 0.717) is 12.2 Å². The molecule has 0 amide bonds. The molecule has 1 heterocycles. The molecule has 0 bridgehead atoms. The first-order valence-electron chi connectivity index (χ1n) is 7.71. The fraction of sp³-hybridized carbons (Fsp3) is 0.211.